The first kappa shape index (κ1) is 10.2. The molecule has 1 aromatic rings. The lowest BCUT2D eigenvalue weighted by Crippen LogP contribution is -2.35. The van der Waals surface area contributed by atoms with Gasteiger partial charge in [-0.1, -0.05) is 20.8 Å². The Hall–Kier alpha value is -0.850. The van der Waals surface area contributed by atoms with E-state index in [0.717, 1.165) is 0 Å². The Morgan fingerprint density at radius 1 is 1.08 bits per heavy atom. The fourth-order valence-electron chi connectivity index (χ4n) is 1.28. The first-order valence-electron chi connectivity index (χ1n) is 4.92. The molecular weight excluding hydrogens is 158 g/mol. The standard InChI is InChI=1S/C12H20N/c1-10(2)13-8-6-11(7-9-13)12(3,4)5/h6-10H,1-5H3/q+1. The van der Waals surface area contributed by atoms with Gasteiger partial charge in [0.1, 0.15) is 0 Å². The molecule has 0 spiro atoms. The Labute approximate surface area is 81.4 Å². The van der Waals surface area contributed by atoms with Crippen molar-refractivity contribution in [2.45, 2.75) is 46.1 Å². The van der Waals surface area contributed by atoms with Crippen molar-refractivity contribution < 1.29 is 4.57 Å². The molecule has 0 amide bonds. The zero-order chi connectivity index (χ0) is 10.1. The van der Waals surface area contributed by atoms with Gasteiger partial charge in [0, 0.05) is 12.1 Å². The molecule has 1 rings (SSSR count). The van der Waals surface area contributed by atoms with Gasteiger partial charge in [0.25, 0.3) is 0 Å². The van der Waals surface area contributed by atoms with Crippen molar-refractivity contribution in [3.8, 4) is 0 Å². The monoisotopic (exact) mass is 178 g/mol. The predicted molar refractivity (Wildman–Crippen MR) is 55.7 cm³/mol. The van der Waals surface area contributed by atoms with Crippen LogP contribution >= 0.6 is 0 Å². The summed E-state index contributed by atoms with van der Waals surface area (Å²) in [5.41, 5.74) is 1.65. The predicted octanol–water partition coefficient (Wildman–Crippen LogP) is 2.85. The van der Waals surface area contributed by atoms with Gasteiger partial charge in [0.05, 0.1) is 0 Å². The van der Waals surface area contributed by atoms with Crippen LogP contribution in [0.3, 0.4) is 0 Å². The van der Waals surface area contributed by atoms with E-state index in [4.69, 9.17) is 0 Å². The van der Waals surface area contributed by atoms with Gasteiger partial charge in [-0.15, -0.1) is 0 Å². The molecule has 0 radical (unpaired) electrons. The van der Waals surface area contributed by atoms with E-state index < -0.39 is 0 Å². The second kappa shape index (κ2) is 3.49. The topological polar surface area (TPSA) is 3.88 Å². The van der Waals surface area contributed by atoms with Crippen molar-refractivity contribution in [3.63, 3.8) is 0 Å². The molecule has 0 saturated carbocycles. The van der Waals surface area contributed by atoms with Crippen molar-refractivity contribution in [3.05, 3.63) is 30.1 Å². The van der Waals surface area contributed by atoms with Gasteiger partial charge in [-0.2, -0.15) is 0 Å². The SMILES string of the molecule is CC(C)[n+]1ccc(C(C)(C)C)cc1. The second-order valence-corrected chi connectivity index (χ2v) is 4.88. The van der Waals surface area contributed by atoms with Crippen molar-refractivity contribution >= 4 is 0 Å². The van der Waals surface area contributed by atoms with Crippen LogP contribution in [0.4, 0.5) is 0 Å². The van der Waals surface area contributed by atoms with Crippen LogP contribution in [0.15, 0.2) is 24.5 Å². The van der Waals surface area contributed by atoms with E-state index >= 15 is 0 Å². The van der Waals surface area contributed by atoms with Crippen LogP contribution in [0.1, 0.15) is 46.2 Å². The second-order valence-electron chi connectivity index (χ2n) is 4.88. The minimum absolute atomic E-state index is 0.260. The maximum Gasteiger partial charge on any atom is 0.169 e. The highest BCUT2D eigenvalue weighted by atomic mass is 15.0. The fourth-order valence-corrected chi connectivity index (χ4v) is 1.28. The molecule has 0 unspecified atom stereocenters. The van der Waals surface area contributed by atoms with Crippen molar-refractivity contribution in [2.75, 3.05) is 0 Å². The van der Waals surface area contributed by atoms with Gasteiger partial charge in [-0.25, -0.2) is 4.57 Å². The molecule has 1 heterocycles. The molecule has 1 heteroatoms. The highest BCUT2D eigenvalue weighted by Crippen LogP contribution is 2.20. The molecule has 1 aromatic heterocycles. The van der Waals surface area contributed by atoms with E-state index in [-0.39, 0.29) is 5.41 Å². The third kappa shape index (κ3) is 2.55. The lowest BCUT2D eigenvalue weighted by molar-refractivity contribution is -0.716. The van der Waals surface area contributed by atoms with Crippen LogP contribution in [0.2, 0.25) is 0 Å². The number of aromatic nitrogens is 1. The smallest absolute Gasteiger partial charge is 0.169 e. The summed E-state index contributed by atoms with van der Waals surface area (Å²) in [6.07, 6.45) is 4.32. The summed E-state index contributed by atoms with van der Waals surface area (Å²) < 4.78 is 2.22. The third-order valence-corrected chi connectivity index (χ3v) is 2.31. The Bertz CT molecular complexity index is 264. The molecule has 0 N–H and O–H groups in total. The van der Waals surface area contributed by atoms with Gasteiger partial charge >= 0.3 is 0 Å². The Morgan fingerprint density at radius 2 is 1.54 bits per heavy atom. The fraction of sp³-hybridized carbons (Fsp3) is 0.583. The van der Waals surface area contributed by atoms with Gasteiger partial charge < -0.3 is 0 Å². The molecule has 0 saturated heterocycles. The molecule has 0 aromatic carbocycles. The number of hydrogen-bond donors (Lipinski definition) is 0. The summed E-state index contributed by atoms with van der Waals surface area (Å²) in [7, 11) is 0. The Balaban J connectivity index is 2.94. The summed E-state index contributed by atoms with van der Waals surface area (Å²) in [6.45, 7) is 11.1. The third-order valence-electron chi connectivity index (χ3n) is 2.31. The Morgan fingerprint density at radius 3 is 1.85 bits per heavy atom. The molecule has 0 aliphatic heterocycles. The first-order valence-corrected chi connectivity index (χ1v) is 4.92. The number of pyridine rings is 1. The van der Waals surface area contributed by atoms with Crippen LogP contribution in [0.25, 0.3) is 0 Å². The molecule has 0 aliphatic carbocycles. The summed E-state index contributed by atoms with van der Waals surface area (Å²) in [5, 5.41) is 0. The zero-order valence-corrected chi connectivity index (χ0v) is 9.33. The van der Waals surface area contributed by atoms with Crippen LogP contribution in [0, 0.1) is 0 Å². The summed E-state index contributed by atoms with van der Waals surface area (Å²) >= 11 is 0. The average Bonchev–Trinajstić information content (AvgIpc) is 2.03. The minimum atomic E-state index is 0.260. The van der Waals surface area contributed by atoms with Crippen molar-refractivity contribution in [1.29, 1.82) is 0 Å². The van der Waals surface area contributed by atoms with E-state index in [2.05, 4.69) is 63.7 Å². The molecule has 0 aliphatic rings. The van der Waals surface area contributed by atoms with Gasteiger partial charge in [0.15, 0.2) is 18.4 Å². The highest BCUT2D eigenvalue weighted by molar-refractivity contribution is 5.17. The molecule has 0 bridgehead atoms. The molecular formula is C12H20N+. The number of rotatable bonds is 1. The number of hydrogen-bond acceptors (Lipinski definition) is 0. The quantitative estimate of drug-likeness (QED) is 0.582. The maximum absolute atomic E-state index is 2.24. The normalized spacial score (nSPS) is 12.2. The van der Waals surface area contributed by atoms with E-state index in [1.54, 1.807) is 0 Å². The average molecular weight is 178 g/mol. The van der Waals surface area contributed by atoms with Gasteiger partial charge in [0.2, 0.25) is 0 Å². The number of nitrogens with zero attached hydrogens (tertiary/aromatic N) is 1. The maximum atomic E-state index is 2.24. The first-order chi connectivity index (χ1) is 5.91. The van der Waals surface area contributed by atoms with Crippen LogP contribution < -0.4 is 4.57 Å². The van der Waals surface area contributed by atoms with Gasteiger partial charge in [-0.3, -0.25) is 0 Å². The van der Waals surface area contributed by atoms with Gasteiger partial charge in [-0.05, 0) is 24.8 Å². The van der Waals surface area contributed by atoms with E-state index in [1.807, 2.05) is 0 Å². The summed E-state index contributed by atoms with van der Waals surface area (Å²) in [6, 6.07) is 4.97. The molecule has 0 fully saturated rings. The van der Waals surface area contributed by atoms with E-state index in [0.29, 0.717) is 6.04 Å². The molecule has 0 atom stereocenters. The van der Waals surface area contributed by atoms with Crippen LogP contribution in [0.5, 0.6) is 0 Å². The van der Waals surface area contributed by atoms with Crippen LogP contribution in [-0.4, -0.2) is 0 Å². The lowest BCUT2D eigenvalue weighted by Gasteiger charge is -2.17. The summed E-state index contributed by atoms with van der Waals surface area (Å²) in [4.78, 5) is 0. The van der Waals surface area contributed by atoms with E-state index in [9.17, 15) is 0 Å². The van der Waals surface area contributed by atoms with Crippen molar-refractivity contribution in [1.82, 2.24) is 0 Å². The highest BCUT2D eigenvalue weighted by Gasteiger charge is 2.15. The lowest BCUT2D eigenvalue weighted by atomic mass is 9.88. The molecule has 13 heavy (non-hydrogen) atoms. The van der Waals surface area contributed by atoms with E-state index in [1.165, 1.54) is 5.56 Å². The minimum Gasteiger partial charge on any atom is -0.203 e. The van der Waals surface area contributed by atoms with Crippen molar-refractivity contribution in [2.24, 2.45) is 0 Å². The molecule has 1 nitrogen and oxygen atoms in total. The van der Waals surface area contributed by atoms with Crippen LogP contribution in [-0.2, 0) is 5.41 Å². The molecule has 72 valence electrons. The summed E-state index contributed by atoms with van der Waals surface area (Å²) in [5.74, 6) is 0. The zero-order valence-electron chi connectivity index (χ0n) is 9.33. The Kier molecular flexibility index (Phi) is 2.74. The largest absolute Gasteiger partial charge is 0.203 e.